The summed E-state index contributed by atoms with van der Waals surface area (Å²) in [4.78, 5) is 0. The minimum Gasteiger partial charge on any atom is -0.855 e. The van der Waals surface area contributed by atoms with Crippen LogP contribution in [0.3, 0.4) is 0 Å². The Morgan fingerprint density at radius 3 is 1.50 bits per heavy atom. The Morgan fingerprint density at radius 1 is 1.50 bits per heavy atom. The fraction of sp³-hybridized carbons (Fsp3) is 0.750. The second-order valence-electron chi connectivity index (χ2n) is 0.289. The molecule has 0 aromatic carbocycles. The van der Waals surface area contributed by atoms with Gasteiger partial charge in [0.05, 0.1) is 0 Å². The summed E-state index contributed by atoms with van der Waals surface area (Å²) in [5, 5.41) is 8.93. The topological polar surface area (TPSA) is 23.1 Å². The molecular weight excluding hydrogens is 123 g/mol. The van der Waals surface area contributed by atoms with Crippen molar-refractivity contribution < 1.29 is 21.9 Å². The Labute approximate surface area is 50.0 Å². The van der Waals surface area contributed by atoms with Crippen LogP contribution in [0.2, 0.25) is 0 Å². The van der Waals surface area contributed by atoms with E-state index in [1.807, 2.05) is 0 Å². The zero-order valence-corrected chi connectivity index (χ0v) is 5.20. The summed E-state index contributed by atoms with van der Waals surface area (Å²) < 4.78 is 0. The van der Waals surface area contributed by atoms with E-state index in [4.69, 9.17) is 5.11 Å². The van der Waals surface area contributed by atoms with Crippen LogP contribution >= 0.6 is 0 Å². The van der Waals surface area contributed by atoms with E-state index < -0.39 is 0 Å². The molecule has 0 heterocycles. The minimum absolute atomic E-state index is 0. The van der Waals surface area contributed by atoms with Gasteiger partial charge in [-0.1, -0.05) is 6.92 Å². The molecule has 0 aromatic rings. The Morgan fingerprint density at radius 2 is 1.50 bits per heavy atom. The summed E-state index contributed by atoms with van der Waals surface area (Å²) in [5.74, 6) is 0. The van der Waals surface area contributed by atoms with Gasteiger partial charge in [-0.3, -0.25) is 0 Å². The molecule has 0 rings (SSSR count). The van der Waals surface area contributed by atoms with Crippen LogP contribution in [0.15, 0.2) is 0 Å². The van der Waals surface area contributed by atoms with Crippen molar-refractivity contribution in [1.29, 1.82) is 0 Å². The zero-order chi connectivity index (χ0) is 4.71. The van der Waals surface area contributed by atoms with Crippen molar-refractivity contribution in [1.82, 2.24) is 0 Å². The smallest absolute Gasteiger partial charge is 0.855 e. The number of hydrogen-bond acceptors (Lipinski definition) is 1. The first-order chi connectivity index (χ1) is 2.41. The van der Waals surface area contributed by atoms with Crippen molar-refractivity contribution in [2.24, 2.45) is 0 Å². The summed E-state index contributed by atoms with van der Waals surface area (Å²) in [6.07, 6.45) is 0. The van der Waals surface area contributed by atoms with Crippen molar-refractivity contribution in [2.45, 2.75) is 13.8 Å². The summed E-state index contributed by atoms with van der Waals surface area (Å²) in [6, 6.07) is 0. The Hall–Kier alpha value is 0.466. The molecule has 6 heavy (non-hydrogen) atoms. The molecule has 0 atom stereocenters. The van der Waals surface area contributed by atoms with Gasteiger partial charge in [-0.2, -0.15) is 6.92 Å². The van der Waals surface area contributed by atoms with Crippen LogP contribution in [0.25, 0.3) is 0 Å². The maximum absolute atomic E-state index is 8.93. The van der Waals surface area contributed by atoms with Crippen molar-refractivity contribution in [3.8, 4) is 0 Å². The van der Waals surface area contributed by atoms with Gasteiger partial charge in [0, 0.05) is 0 Å². The van der Waals surface area contributed by atoms with Crippen LogP contribution in [0.1, 0.15) is 13.8 Å². The minimum atomic E-state index is 0. The first-order valence-corrected chi connectivity index (χ1v) is 1.70. The Balaban J connectivity index is -0.0000000275. The Kier molecular flexibility index (Phi) is 136. The molecule has 0 amide bonds. The number of hydrogen-bond donors (Lipinski definition) is 0. The molecule has 0 fully saturated rings. The quantitative estimate of drug-likeness (QED) is 0.433. The van der Waals surface area contributed by atoms with E-state index in [-0.39, 0.29) is 23.4 Å². The molecule has 0 N–H and O–H groups in total. The van der Waals surface area contributed by atoms with Gasteiger partial charge in [0.25, 0.3) is 0 Å². The third kappa shape index (κ3) is 247. The molecule has 2 heteroatoms. The summed E-state index contributed by atoms with van der Waals surface area (Å²) in [5.41, 5.74) is 0. The molecule has 1 nitrogen and oxygen atoms in total. The summed E-state index contributed by atoms with van der Waals surface area (Å²) >= 11 is 0. The maximum Gasteiger partial charge on any atom is 2.00 e. The number of rotatable bonds is 0. The van der Waals surface area contributed by atoms with Crippen molar-refractivity contribution in [2.75, 3.05) is 6.61 Å². The second kappa shape index (κ2) is 50.7. The molecule has 0 unspecified atom stereocenters. The van der Waals surface area contributed by atoms with Gasteiger partial charge in [0.15, 0.2) is 0 Å². The van der Waals surface area contributed by atoms with Gasteiger partial charge in [0.1, 0.15) is 0 Å². The van der Waals surface area contributed by atoms with E-state index in [1.54, 1.807) is 13.8 Å². The van der Waals surface area contributed by atoms with Crippen LogP contribution in [0, 0.1) is 6.92 Å². The third-order valence-electron chi connectivity index (χ3n) is 0. The first-order valence-electron chi connectivity index (χ1n) is 1.70. The van der Waals surface area contributed by atoms with Crippen LogP contribution in [0.4, 0.5) is 0 Å². The van der Waals surface area contributed by atoms with E-state index in [2.05, 4.69) is 6.92 Å². The summed E-state index contributed by atoms with van der Waals surface area (Å²) in [6.45, 7) is 6.57. The average Bonchev–Trinajstić information content (AvgIpc) is 1.46. The standard InChI is InChI=1S/C2H5O.C2H5.Co/c1-2-3;1-2;/h2H2,1H3;1H2,2H3;/q2*-1;+2. The molecule has 41 valence electrons. The molecule has 0 saturated carbocycles. The predicted octanol–water partition coefficient (Wildman–Crippen LogP) is 0.204. The molecule has 0 aliphatic rings. The van der Waals surface area contributed by atoms with E-state index in [0.717, 1.165) is 0 Å². The molecule has 0 aliphatic carbocycles. The van der Waals surface area contributed by atoms with Gasteiger partial charge in [-0.25, -0.2) is 0 Å². The van der Waals surface area contributed by atoms with Crippen LogP contribution < -0.4 is 5.11 Å². The maximum atomic E-state index is 8.93. The molecule has 0 spiro atoms. The van der Waals surface area contributed by atoms with Gasteiger partial charge < -0.3 is 12.0 Å². The first kappa shape index (κ1) is 16.1. The van der Waals surface area contributed by atoms with Crippen LogP contribution in [-0.4, -0.2) is 6.61 Å². The largest absolute Gasteiger partial charge is 2.00 e. The van der Waals surface area contributed by atoms with E-state index in [0.29, 0.717) is 0 Å². The van der Waals surface area contributed by atoms with E-state index >= 15 is 0 Å². The fourth-order valence-electron chi connectivity index (χ4n) is 0. The molecular formula is C4H10CoO. The average molecular weight is 133 g/mol. The van der Waals surface area contributed by atoms with Gasteiger partial charge in [0.2, 0.25) is 0 Å². The van der Waals surface area contributed by atoms with Gasteiger partial charge in [-0.05, 0) is 0 Å². The van der Waals surface area contributed by atoms with E-state index in [1.165, 1.54) is 0 Å². The van der Waals surface area contributed by atoms with Gasteiger partial charge in [-0.15, -0.1) is 6.61 Å². The van der Waals surface area contributed by atoms with Gasteiger partial charge >= 0.3 is 16.8 Å². The van der Waals surface area contributed by atoms with Crippen molar-refractivity contribution in [3.63, 3.8) is 0 Å². The molecule has 1 radical (unpaired) electrons. The van der Waals surface area contributed by atoms with Crippen LogP contribution in [0.5, 0.6) is 0 Å². The monoisotopic (exact) mass is 133 g/mol. The zero-order valence-electron chi connectivity index (χ0n) is 4.16. The molecule has 0 aliphatic heterocycles. The Bertz CT molecular complexity index is 7.51. The predicted molar refractivity (Wildman–Crippen MR) is 21.6 cm³/mol. The molecule has 0 saturated heterocycles. The van der Waals surface area contributed by atoms with E-state index in [9.17, 15) is 0 Å². The van der Waals surface area contributed by atoms with Crippen molar-refractivity contribution >= 4 is 0 Å². The third-order valence-corrected chi connectivity index (χ3v) is 0. The normalized spacial score (nSPS) is 4.00. The second-order valence-corrected chi connectivity index (χ2v) is 0.289. The molecule has 0 aromatic heterocycles. The molecule has 0 bridgehead atoms. The van der Waals surface area contributed by atoms with Crippen molar-refractivity contribution in [3.05, 3.63) is 6.92 Å². The van der Waals surface area contributed by atoms with Crippen LogP contribution in [-0.2, 0) is 16.8 Å². The fourth-order valence-corrected chi connectivity index (χ4v) is 0. The summed E-state index contributed by atoms with van der Waals surface area (Å²) in [7, 11) is 0. The SMILES string of the molecule is CC[O-].[CH2-]C.[Co+2].